The Balaban J connectivity index is 0. The average molecular weight is 284 g/mol. The molecule has 5 nitrogen and oxygen atoms in total. The Labute approximate surface area is 121 Å². The van der Waals surface area contributed by atoms with E-state index in [-0.39, 0.29) is 5.48 Å². The molecule has 0 heterocycles. The molecule has 20 heavy (non-hydrogen) atoms. The van der Waals surface area contributed by atoms with Crippen molar-refractivity contribution in [2.45, 2.75) is 70.6 Å². The van der Waals surface area contributed by atoms with Crippen LogP contribution in [0.1, 0.15) is 70.6 Å². The Morgan fingerprint density at radius 2 is 0.950 bits per heavy atom. The van der Waals surface area contributed by atoms with Gasteiger partial charge in [-0.15, -0.1) is 0 Å². The number of rotatable bonds is 2. The SMILES string of the molecule is C1CCC(CC2CCCCC2)CC1.N=C=O.N=C=O.O. The molecule has 0 unspecified atom stereocenters. The van der Waals surface area contributed by atoms with Gasteiger partial charge in [0.1, 0.15) is 0 Å². The molecule has 0 aromatic heterocycles. The van der Waals surface area contributed by atoms with E-state index in [1.54, 1.807) is 32.1 Å². The van der Waals surface area contributed by atoms with Crippen LogP contribution in [0.15, 0.2) is 0 Å². The molecule has 0 aliphatic heterocycles. The molecule has 0 amide bonds. The molecule has 2 rings (SSSR count). The lowest BCUT2D eigenvalue weighted by molar-refractivity contribution is 0.244. The van der Waals surface area contributed by atoms with Gasteiger partial charge in [-0.1, -0.05) is 64.2 Å². The normalized spacial score (nSPS) is 18.8. The first kappa shape index (κ1) is 21.0. The van der Waals surface area contributed by atoms with E-state index in [9.17, 15) is 0 Å². The van der Waals surface area contributed by atoms with Crippen molar-refractivity contribution in [2.75, 3.05) is 0 Å². The largest absolute Gasteiger partial charge is 0.412 e. The van der Waals surface area contributed by atoms with Crippen molar-refractivity contribution < 1.29 is 15.1 Å². The Hall–Kier alpha value is -1.28. The van der Waals surface area contributed by atoms with Crippen LogP contribution < -0.4 is 0 Å². The van der Waals surface area contributed by atoms with E-state index in [0.717, 1.165) is 24.0 Å². The average Bonchev–Trinajstić information content (AvgIpc) is 2.43. The van der Waals surface area contributed by atoms with Gasteiger partial charge in [0, 0.05) is 0 Å². The summed E-state index contributed by atoms with van der Waals surface area (Å²) in [5.41, 5.74) is 0. The van der Waals surface area contributed by atoms with Crippen molar-refractivity contribution in [3.05, 3.63) is 0 Å². The van der Waals surface area contributed by atoms with E-state index < -0.39 is 0 Å². The fourth-order valence-electron chi connectivity index (χ4n) is 3.32. The van der Waals surface area contributed by atoms with Gasteiger partial charge in [0.2, 0.25) is 12.2 Å². The molecule has 2 aliphatic rings. The zero-order valence-corrected chi connectivity index (χ0v) is 12.2. The van der Waals surface area contributed by atoms with E-state index >= 15 is 0 Å². The molecule has 2 fully saturated rings. The first-order valence-electron chi connectivity index (χ1n) is 7.36. The highest BCUT2D eigenvalue weighted by molar-refractivity contribution is 5.26. The van der Waals surface area contributed by atoms with Crippen molar-refractivity contribution in [3.8, 4) is 0 Å². The van der Waals surface area contributed by atoms with Gasteiger partial charge in [0.25, 0.3) is 0 Å². The third kappa shape index (κ3) is 11.8. The topological polar surface area (TPSA) is 113 Å². The summed E-state index contributed by atoms with van der Waals surface area (Å²) >= 11 is 0. The van der Waals surface area contributed by atoms with Gasteiger partial charge in [0.05, 0.1) is 0 Å². The molecule has 2 aliphatic carbocycles. The van der Waals surface area contributed by atoms with Crippen LogP contribution in [0.25, 0.3) is 0 Å². The summed E-state index contributed by atoms with van der Waals surface area (Å²) in [6.07, 6.45) is 18.4. The molecule has 0 saturated heterocycles. The monoisotopic (exact) mass is 284 g/mol. The lowest BCUT2D eigenvalue weighted by atomic mass is 9.78. The summed E-state index contributed by atoms with van der Waals surface area (Å²) in [5.74, 6) is 2.24. The van der Waals surface area contributed by atoms with E-state index in [0.29, 0.717) is 0 Å². The first-order chi connectivity index (χ1) is 9.28. The lowest BCUT2D eigenvalue weighted by Gasteiger charge is -2.28. The maximum atomic E-state index is 8.35. The van der Waals surface area contributed by atoms with Gasteiger partial charge in [-0.05, 0) is 18.3 Å². The lowest BCUT2D eigenvalue weighted by Crippen LogP contribution is -2.14. The number of nitrogens with one attached hydrogen (secondary N) is 2. The second-order valence-corrected chi connectivity index (χ2v) is 5.45. The molecule has 0 radical (unpaired) electrons. The van der Waals surface area contributed by atoms with Crippen LogP contribution in [0.2, 0.25) is 0 Å². The Morgan fingerprint density at radius 1 is 0.700 bits per heavy atom. The highest BCUT2D eigenvalue weighted by atomic mass is 16.1. The molecule has 0 atom stereocenters. The van der Waals surface area contributed by atoms with Crippen molar-refractivity contribution in [1.82, 2.24) is 0 Å². The zero-order valence-electron chi connectivity index (χ0n) is 12.2. The van der Waals surface area contributed by atoms with E-state index in [1.807, 2.05) is 0 Å². The predicted octanol–water partition coefficient (Wildman–Crippen LogP) is 3.51. The van der Waals surface area contributed by atoms with Crippen LogP contribution in [0.3, 0.4) is 0 Å². The quantitative estimate of drug-likeness (QED) is 0.596. The summed E-state index contributed by atoms with van der Waals surface area (Å²) < 4.78 is 0. The minimum absolute atomic E-state index is 0. The molecule has 0 spiro atoms. The van der Waals surface area contributed by atoms with Gasteiger partial charge >= 0.3 is 0 Å². The maximum Gasteiger partial charge on any atom is 0.231 e. The second kappa shape index (κ2) is 15.8. The molecular formula is C15H28N2O3. The Kier molecular flexibility index (Phi) is 16.6. The molecule has 0 bridgehead atoms. The maximum absolute atomic E-state index is 8.35. The van der Waals surface area contributed by atoms with E-state index in [4.69, 9.17) is 20.4 Å². The molecule has 0 aromatic rings. The van der Waals surface area contributed by atoms with Gasteiger partial charge in [-0.25, -0.2) is 20.4 Å². The van der Waals surface area contributed by atoms with Crippen LogP contribution in [0, 0.1) is 22.7 Å². The van der Waals surface area contributed by atoms with Crippen molar-refractivity contribution in [1.29, 1.82) is 10.8 Å². The fourth-order valence-corrected chi connectivity index (χ4v) is 3.32. The summed E-state index contributed by atoms with van der Waals surface area (Å²) in [6, 6.07) is 0. The van der Waals surface area contributed by atoms with Crippen LogP contribution in [0.4, 0.5) is 0 Å². The van der Waals surface area contributed by atoms with Crippen molar-refractivity contribution in [2.24, 2.45) is 11.8 Å². The number of isocyanates is 2. The van der Waals surface area contributed by atoms with Crippen molar-refractivity contribution in [3.63, 3.8) is 0 Å². The molecular weight excluding hydrogens is 256 g/mol. The third-order valence-electron chi connectivity index (χ3n) is 4.12. The minimum Gasteiger partial charge on any atom is -0.412 e. The van der Waals surface area contributed by atoms with Gasteiger partial charge in [-0.2, -0.15) is 0 Å². The minimum atomic E-state index is 0. The van der Waals surface area contributed by atoms with Gasteiger partial charge in [0.15, 0.2) is 0 Å². The summed E-state index contributed by atoms with van der Waals surface area (Å²) in [6.45, 7) is 0. The molecule has 2 saturated carbocycles. The molecule has 0 aromatic carbocycles. The molecule has 4 N–H and O–H groups in total. The third-order valence-corrected chi connectivity index (χ3v) is 4.12. The van der Waals surface area contributed by atoms with Gasteiger partial charge < -0.3 is 5.48 Å². The summed E-state index contributed by atoms with van der Waals surface area (Å²) in [5, 5.41) is 10.8. The van der Waals surface area contributed by atoms with Crippen LogP contribution in [-0.2, 0) is 9.59 Å². The predicted molar refractivity (Wildman–Crippen MR) is 78.2 cm³/mol. The highest BCUT2D eigenvalue weighted by Crippen LogP contribution is 2.34. The van der Waals surface area contributed by atoms with E-state index in [1.165, 1.54) is 38.5 Å². The highest BCUT2D eigenvalue weighted by Gasteiger charge is 2.20. The Morgan fingerprint density at radius 3 is 1.20 bits per heavy atom. The van der Waals surface area contributed by atoms with Crippen LogP contribution >= 0.6 is 0 Å². The number of hydrogen-bond acceptors (Lipinski definition) is 4. The van der Waals surface area contributed by atoms with Crippen molar-refractivity contribution >= 4 is 12.2 Å². The summed E-state index contributed by atoms with van der Waals surface area (Å²) in [7, 11) is 0. The fraction of sp³-hybridized carbons (Fsp3) is 0.867. The van der Waals surface area contributed by atoms with Crippen LogP contribution in [0.5, 0.6) is 0 Å². The smallest absolute Gasteiger partial charge is 0.231 e. The Bertz CT molecular complexity index is 243. The second-order valence-electron chi connectivity index (χ2n) is 5.45. The standard InChI is InChI=1S/C13H24.2CHNO.H2O/c1-3-7-12(8-4-1)11-13-9-5-2-6-10-13;2*2-1-3;/h12-13H,1-11H2;2*2H;1H2. The number of hydrogen-bond donors (Lipinski definition) is 2. The van der Waals surface area contributed by atoms with E-state index in [2.05, 4.69) is 0 Å². The zero-order chi connectivity index (χ0) is 14.3. The first-order valence-corrected chi connectivity index (χ1v) is 7.36. The molecule has 5 heteroatoms. The molecule has 116 valence electrons. The van der Waals surface area contributed by atoms with Gasteiger partial charge in [-0.3, -0.25) is 0 Å². The number of carbonyl (C=O) groups excluding carboxylic acids is 2. The summed E-state index contributed by atoms with van der Waals surface area (Å²) in [4.78, 5) is 16.7. The van der Waals surface area contributed by atoms with Crippen LogP contribution in [-0.4, -0.2) is 17.6 Å².